The van der Waals surface area contributed by atoms with Gasteiger partial charge >= 0.3 is 6.18 Å². The minimum atomic E-state index is -4.65. The van der Waals surface area contributed by atoms with E-state index in [0.717, 1.165) is 62.0 Å². The predicted octanol–water partition coefficient (Wildman–Crippen LogP) is 5.95. The zero-order valence-electron chi connectivity index (χ0n) is 23.6. The van der Waals surface area contributed by atoms with E-state index in [1.807, 2.05) is 12.1 Å². The molecule has 44 heavy (non-hydrogen) atoms. The van der Waals surface area contributed by atoms with Gasteiger partial charge in [0.15, 0.2) is 0 Å². The van der Waals surface area contributed by atoms with Gasteiger partial charge in [-0.2, -0.15) is 30.0 Å². The van der Waals surface area contributed by atoms with Crippen LogP contribution in [0.25, 0.3) is 0 Å². The fraction of sp³-hybridized carbons (Fsp3) is 0.323. The minimum absolute atomic E-state index is 0.0848. The number of hydrazone groups is 1. The molecule has 1 fully saturated rings. The van der Waals surface area contributed by atoms with Crippen LogP contribution < -0.4 is 15.6 Å². The highest BCUT2D eigenvalue weighted by atomic mass is 35.5. The van der Waals surface area contributed by atoms with Gasteiger partial charge in [-0.1, -0.05) is 29.8 Å². The Bertz CT molecular complexity index is 1500. The smallest absolute Gasteiger partial charge is 0.394 e. The Morgan fingerprint density at radius 3 is 2.55 bits per heavy atom. The van der Waals surface area contributed by atoms with Gasteiger partial charge in [-0.25, -0.2) is 5.43 Å². The van der Waals surface area contributed by atoms with E-state index in [2.05, 4.69) is 20.7 Å². The molecule has 1 aliphatic rings. The molecule has 2 amide bonds. The lowest BCUT2D eigenvalue weighted by molar-refractivity contribution is -0.137. The van der Waals surface area contributed by atoms with Crippen molar-refractivity contribution in [2.75, 3.05) is 35.7 Å². The third kappa shape index (κ3) is 9.21. The van der Waals surface area contributed by atoms with Crippen molar-refractivity contribution in [1.82, 2.24) is 5.43 Å². The standard InChI is InChI=1S/C31H32ClF3N4O4S/c32-27-9-7-20(14-26(27)31(33,34)35)16-36-38-30(43)25-15-23(39-11-2-1-3-12-39)8-10-28(25)37-29(42)22-6-4-5-21(13-22)18-44-19-24(41)17-40/h4-10,13-16,24,40-41H,1-3,11-12,17-19H2,(H,37,42)(H,38,43)/b36-16-. The molecule has 3 aromatic rings. The van der Waals surface area contributed by atoms with Crippen LogP contribution in [0.4, 0.5) is 24.5 Å². The van der Waals surface area contributed by atoms with Gasteiger partial charge < -0.3 is 20.4 Å². The third-order valence-corrected chi connectivity index (χ3v) is 8.36. The number of aliphatic hydroxyl groups excluding tert-OH is 2. The van der Waals surface area contributed by atoms with Crippen molar-refractivity contribution in [3.05, 3.63) is 93.5 Å². The summed E-state index contributed by atoms with van der Waals surface area (Å²) in [6.45, 7) is 1.32. The number of thioether (sulfide) groups is 1. The molecule has 0 aliphatic carbocycles. The first kappa shape index (κ1) is 33.3. The highest BCUT2D eigenvalue weighted by Crippen LogP contribution is 2.35. The van der Waals surface area contributed by atoms with Crippen molar-refractivity contribution >= 4 is 52.8 Å². The average molecular weight is 649 g/mol. The van der Waals surface area contributed by atoms with Gasteiger partial charge in [0.05, 0.1) is 40.8 Å². The number of hydrogen-bond donors (Lipinski definition) is 4. The van der Waals surface area contributed by atoms with E-state index in [9.17, 15) is 27.9 Å². The summed E-state index contributed by atoms with van der Waals surface area (Å²) < 4.78 is 39.7. The molecule has 0 spiro atoms. The highest BCUT2D eigenvalue weighted by Gasteiger charge is 2.33. The lowest BCUT2D eigenvalue weighted by Crippen LogP contribution is -2.30. The molecule has 0 radical (unpaired) electrons. The Morgan fingerprint density at radius 1 is 1.05 bits per heavy atom. The number of halogens is 4. The van der Waals surface area contributed by atoms with Crippen molar-refractivity contribution in [3.63, 3.8) is 0 Å². The van der Waals surface area contributed by atoms with Gasteiger partial charge in [0.25, 0.3) is 11.8 Å². The Labute approximate surface area is 262 Å². The summed E-state index contributed by atoms with van der Waals surface area (Å²) in [5.74, 6) is -0.241. The second-order valence-corrected chi connectivity index (χ2v) is 11.7. The minimum Gasteiger partial charge on any atom is -0.394 e. The van der Waals surface area contributed by atoms with Gasteiger partial charge in [0.2, 0.25) is 0 Å². The van der Waals surface area contributed by atoms with E-state index in [1.165, 1.54) is 17.8 Å². The van der Waals surface area contributed by atoms with Crippen LogP contribution in [0, 0.1) is 0 Å². The number of amides is 2. The number of carbonyl (C=O) groups excluding carboxylic acids is 2. The number of rotatable bonds is 11. The first-order valence-electron chi connectivity index (χ1n) is 13.9. The van der Waals surface area contributed by atoms with E-state index >= 15 is 0 Å². The molecular weight excluding hydrogens is 617 g/mol. The molecular formula is C31H32ClF3N4O4S. The second kappa shape index (κ2) is 15.4. The Kier molecular flexibility index (Phi) is 11.7. The predicted molar refractivity (Wildman–Crippen MR) is 168 cm³/mol. The monoisotopic (exact) mass is 648 g/mol. The molecule has 13 heteroatoms. The molecule has 4 rings (SSSR count). The van der Waals surface area contributed by atoms with Gasteiger partial charge in [0.1, 0.15) is 0 Å². The quantitative estimate of drug-likeness (QED) is 0.151. The summed E-state index contributed by atoms with van der Waals surface area (Å²) in [5, 5.41) is 24.7. The summed E-state index contributed by atoms with van der Waals surface area (Å²) in [6, 6.07) is 15.3. The van der Waals surface area contributed by atoms with Crippen LogP contribution in [0.15, 0.2) is 65.8 Å². The maximum absolute atomic E-state index is 13.3. The number of benzene rings is 3. The summed E-state index contributed by atoms with van der Waals surface area (Å²) >= 11 is 7.10. The van der Waals surface area contributed by atoms with Crippen molar-refractivity contribution in [2.24, 2.45) is 5.10 Å². The van der Waals surface area contributed by atoms with Crippen molar-refractivity contribution in [1.29, 1.82) is 0 Å². The van der Waals surface area contributed by atoms with Gasteiger partial charge in [-0.3, -0.25) is 9.59 Å². The fourth-order valence-corrected chi connectivity index (χ4v) is 5.74. The molecule has 234 valence electrons. The molecule has 1 unspecified atom stereocenters. The highest BCUT2D eigenvalue weighted by molar-refractivity contribution is 7.98. The first-order valence-corrected chi connectivity index (χ1v) is 15.4. The molecule has 0 aromatic heterocycles. The molecule has 1 saturated heterocycles. The third-order valence-electron chi connectivity index (χ3n) is 6.87. The number of alkyl halides is 3. The van der Waals surface area contributed by atoms with Gasteiger partial charge in [-0.15, -0.1) is 0 Å². The number of hydrogen-bond acceptors (Lipinski definition) is 7. The molecule has 1 aliphatic heterocycles. The zero-order valence-corrected chi connectivity index (χ0v) is 25.2. The number of piperidine rings is 1. The molecule has 3 aromatic carbocycles. The van der Waals surface area contributed by atoms with E-state index < -0.39 is 34.7 Å². The van der Waals surface area contributed by atoms with Gasteiger partial charge in [0, 0.05) is 35.8 Å². The van der Waals surface area contributed by atoms with Crippen LogP contribution in [0.5, 0.6) is 0 Å². The number of carbonyl (C=O) groups is 2. The van der Waals surface area contributed by atoms with Crippen LogP contribution >= 0.6 is 23.4 Å². The molecule has 0 saturated carbocycles. The molecule has 1 heterocycles. The van der Waals surface area contributed by atoms with Crippen LogP contribution in [0.2, 0.25) is 5.02 Å². The van der Waals surface area contributed by atoms with E-state index in [4.69, 9.17) is 16.7 Å². The lowest BCUT2D eigenvalue weighted by Gasteiger charge is -2.29. The maximum Gasteiger partial charge on any atom is 0.417 e. The largest absolute Gasteiger partial charge is 0.417 e. The number of aliphatic hydroxyl groups is 2. The number of nitrogens with zero attached hydrogens (tertiary/aromatic N) is 2. The average Bonchev–Trinajstić information content (AvgIpc) is 3.02. The first-order chi connectivity index (χ1) is 21.0. The fourth-order valence-electron chi connectivity index (χ4n) is 4.61. The van der Waals surface area contributed by atoms with Crippen LogP contribution in [0.3, 0.4) is 0 Å². The second-order valence-electron chi connectivity index (χ2n) is 10.2. The molecule has 4 N–H and O–H groups in total. The summed E-state index contributed by atoms with van der Waals surface area (Å²) in [5.41, 5.74) is 3.80. The zero-order chi connectivity index (χ0) is 31.7. The van der Waals surface area contributed by atoms with Gasteiger partial charge in [-0.05, 0) is 72.9 Å². The van der Waals surface area contributed by atoms with Crippen LogP contribution in [0.1, 0.15) is 56.7 Å². The topological polar surface area (TPSA) is 114 Å². The molecule has 0 bridgehead atoms. The molecule has 8 nitrogen and oxygen atoms in total. The summed E-state index contributed by atoms with van der Waals surface area (Å²) in [7, 11) is 0. The Balaban J connectivity index is 1.53. The van der Waals surface area contributed by atoms with E-state index in [-0.39, 0.29) is 23.4 Å². The van der Waals surface area contributed by atoms with Crippen molar-refractivity contribution in [2.45, 2.75) is 37.3 Å². The molecule has 1 atom stereocenters. The van der Waals surface area contributed by atoms with E-state index in [0.29, 0.717) is 17.1 Å². The van der Waals surface area contributed by atoms with E-state index in [1.54, 1.807) is 30.3 Å². The Hall–Kier alpha value is -3.58. The SMILES string of the molecule is O=C(Nc1ccc(N2CCCCC2)cc1C(=O)N/N=C\c1ccc(Cl)c(C(F)(F)F)c1)c1cccc(CSCC(O)CO)c1. The van der Waals surface area contributed by atoms with Crippen LogP contribution in [-0.4, -0.2) is 59.8 Å². The van der Waals surface area contributed by atoms with Crippen LogP contribution in [-0.2, 0) is 11.9 Å². The number of anilines is 2. The summed E-state index contributed by atoms with van der Waals surface area (Å²) in [4.78, 5) is 28.7. The summed E-state index contributed by atoms with van der Waals surface area (Å²) in [6.07, 6.45) is -1.24. The van der Waals surface area contributed by atoms with Crippen molar-refractivity contribution < 1.29 is 33.0 Å². The van der Waals surface area contributed by atoms with Crippen molar-refractivity contribution in [3.8, 4) is 0 Å². The normalized spacial score (nSPS) is 14.5. The lowest BCUT2D eigenvalue weighted by atomic mass is 10.1. The number of nitrogens with one attached hydrogen (secondary N) is 2. The Morgan fingerprint density at radius 2 is 1.82 bits per heavy atom. The maximum atomic E-state index is 13.3.